The minimum Gasteiger partial charge on any atom is -0.497 e. The van der Waals surface area contributed by atoms with Crippen LogP contribution in [0.5, 0.6) is 5.75 Å². The first-order chi connectivity index (χ1) is 14.1. The second kappa shape index (κ2) is 10.0. The molecule has 1 aliphatic heterocycles. The molecule has 29 heavy (non-hydrogen) atoms. The Labute approximate surface area is 171 Å². The van der Waals surface area contributed by atoms with Gasteiger partial charge in [-0.15, -0.1) is 0 Å². The first-order valence-corrected chi connectivity index (χ1v) is 9.76. The average molecular weight is 398 g/mol. The maximum absolute atomic E-state index is 13.3. The summed E-state index contributed by atoms with van der Waals surface area (Å²) in [5, 5.41) is 2.89. The van der Waals surface area contributed by atoms with E-state index < -0.39 is 6.04 Å². The van der Waals surface area contributed by atoms with Gasteiger partial charge in [0.15, 0.2) is 12.6 Å². The number of rotatable bonds is 7. The van der Waals surface area contributed by atoms with E-state index in [2.05, 4.69) is 5.32 Å². The van der Waals surface area contributed by atoms with Gasteiger partial charge in [0, 0.05) is 24.3 Å². The Bertz CT molecular complexity index is 805. The summed E-state index contributed by atoms with van der Waals surface area (Å²) >= 11 is 0. The lowest BCUT2D eigenvalue weighted by Crippen LogP contribution is -3.11. The van der Waals surface area contributed by atoms with Gasteiger partial charge in [0.25, 0.3) is 11.8 Å². The van der Waals surface area contributed by atoms with Crippen LogP contribution in [0.3, 0.4) is 0 Å². The minimum atomic E-state index is -0.448. The Morgan fingerprint density at radius 2 is 1.76 bits per heavy atom. The quantitative estimate of drug-likeness (QED) is 0.722. The van der Waals surface area contributed by atoms with Gasteiger partial charge < -0.3 is 24.6 Å². The molecule has 2 amide bonds. The topological polar surface area (TPSA) is 72.3 Å². The van der Waals surface area contributed by atoms with Gasteiger partial charge in [0.1, 0.15) is 5.75 Å². The van der Waals surface area contributed by atoms with Crippen LogP contribution in [0.1, 0.15) is 11.6 Å². The first kappa shape index (κ1) is 20.8. The van der Waals surface area contributed by atoms with Crippen LogP contribution in [0.15, 0.2) is 54.6 Å². The lowest BCUT2D eigenvalue weighted by atomic mass is 10.0. The zero-order valence-corrected chi connectivity index (χ0v) is 16.9. The SMILES string of the molecule is COc1ccc(NC(=O)C[NH+](C)[C@@H](C(=O)N2CCOCC2)c2ccccc2)cc1. The number of ether oxygens (including phenoxy) is 2. The number of morpholine rings is 1. The van der Waals surface area contributed by atoms with Crippen molar-refractivity contribution in [2.24, 2.45) is 0 Å². The normalized spacial score (nSPS) is 16.0. The molecule has 7 heteroatoms. The van der Waals surface area contributed by atoms with E-state index in [1.54, 1.807) is 31.4 Å². The molecule has 2 aromatic carbocycles. The molecule has 154 valence electrons. The van der Waals surface area contributed by atoms with Crippen molar-refractivity contribution in [2.45, 2.75) is 6.04 Å². The Kier molecular flexibility index (Phi) is 7.21. The van der Waals surface area contributed by atoms with Crippen molar-refractivity contribution in [2.75, 3.05) is 52.3 Å². The maximum Gasteiger partial charge on any atom is 0.285 e. The van der Waals surface area contributed by atoms with E-state index >= 15 is 0 Å². The van der Waals surface area contributed by atoms with Crippen molar-refractivity contribution < 1.29 is 24.0 Å². The molecule has 3 rings (SSSR count). The molecule has 1 saturated heterocycles. The highest BCUT2D eigenvalue weighted by Gasteiger charge is 2.34. The number of methoxy groups -OCH3 is 1. The van der Waals surface area contributed by atoms with Gasteiger partial charge in [-0.25, -0.2) is 0 Å². The summed E-state index contributed by atoms with van der Waals surface area (Å²) < 4.78 is 10.5. The van der Waals surface area contributed by atoms with Crippen molar-refractivity contribution in [3.8, 4) is 5.75 Å². The molecule has 2 N–H and O–H groups in total. The van der Waals surface area contributed by atoms with Crippen molar-refractivity contribution in [3.63, 3.8) is 0 Å². The highest BCUT2D eigenvalue weighted by Crippen LogP contribution is 2.16. The molecule has 0 bridgehead atoms. The Morgan fingerprint density at radius 1 is 1.10 bits per heavy atom. The highest BCUT2D eigenvalue weighted by molar-refractivity contribution is 5.91. The molecule has 1 heterocycles. The van der Waals surface area contributed by atoms with E-state index in [0.717, 1.165) is 16.2 Å². The Hall–Kier alpha value is -2.90. The standard InChI is InChI=1S/C22H27N3O4/c1-24(16-20(26)23-18-8-10-19(28-2)11-9-18)21(17-6-4-3-5-7-17)22(27)25-12-14-29-15-13-25/h3-11,21H,12-16H2,1-2H3,(H,23,26)/p+1/t21-/m1/s1. The van der Waals surface area contributed by atoms with Gasteiger partial charge in [-0.1, -0.05) is 30.3 Å². The summed E-state index contributed by atoms with van der Waals surface area (Å²) in [7, 11) is 3.48. The summed E-state index contributed by atoms with van der Waals surface area (Å²) in [6, 6.07) is 16.4. The summed E-state index contributed by atoms with van der Waals surface area (Å²) in [5.74, 6) is 0.601. The maximum atomic E-state index is 13.3. The molecule has 0 radical (unpaired) electrons. The lowest BCUT2D eigenvalue weighted by molar-refractivity contribution is -0.894. The molecular formula is C22H28N3O4+. The first-order valence-electron chi connectivity index (χ1n) is 9.76. The number of benzene rings is 2. The number of nitrogens with zero attached hydrogens (tertiary/aromatic N) is 1. The molecule has 1 aliphatic rings. The minimum absolute atomic E-state index is 0.0225. The van der Waals surface area contributed by atoms with Crippen LogP contribution < -0.4 is 15.0 Å². The number of likely N-dealkylation sites (N-methyl/N-ethyl adjacent to an activating group) is 1. The van der Waals surface area contributed by atoms with Gasteiger partial charge in [0.05, 0.1) is 27.4 Å². The summed E-state index contributed by atoms with van der Waals surface area (Å²) in [6.07, 6.45) is 0. The van der Waals surface area contributed by atoms with Gasteiger partial charge in [-0.2, -0.15) is 0 Å². The molecule has 1 fully saturated rings. The monoisotopic (exact) mass is 398 g/mol. The number of carbonyl (C=O) groups excluding carboxylic acids is 2. The molecule has 1 unspecified atom stereocenters. The zero-order chi connectivity index (χ0) is 20.6. The Morgan fingerprint density at radius 3 is 2.38 bits per heavy atom. The molecule has 0 saturated carbocycles. The van der Waals surface area contributed by atoms with Gasteiger partial charge in [0.2, 0.25) is 0 Å². The molecule has 0 aliphatic carbocycles. The third-order valence-electron chi connectivity index (χ3n) is 5.01. The summed E-state index contributed by atoms with van der Waals surface area (Å²) in [6.45, 7) is 2.41. The van der Waals surface area contributed by atoms with Crippen molar-refractivity contribution in [3.05, 3.63) is 60.2 Å². The average Bonchev–Trinajstić information content (AvgIpc) is 2.75. The molecule has 7 nitrogen and oxygen atoms in total. The van der Waals surface area contributed by atoms with E-state index in [0.29, 0.717) is 32.0 Å². The number of nitrogens with one attached hydrogen (secondary N) is 2. The number of quaternary nitrogens is 1. The third kappa shape index (κ3) is 5.56. The molecule has 0 spiro atoms. The van der Waals surface area contributed by atoms with E-state index in [1.165, 1.54) is 0 Å². The fourth-order valence-electron chi connectivity index (χ4n) is 3.48. The third-order valence-corrected chi connectivity index (χ3v) is 5.01. The van der Waals surface area contributed by atoms with Crippen LogP contribution in [0.25, 0.3) is 0 Å². The molecular weight excluding hydrogens is 370 g/mol. The number of anilines is 1. The summed E-state index contributed by atoms with van der Waals surface area (Å²) in [4.78, 5) is 28.5. The smallest absolute Gasteiger partial charge is 0.285 e. The van der Waals surface area contributed by atoms with Gasteiger partial charge in [-0.3, -0.25) is 9.59 Å². The predicted octanol–water partition coefficient (Wildman–Crippen LogP) is 0.749. The highest BCUT2D eigenvalue weighted by atomic mass is 16.5. The number of hydrogen-bond acceptors (Lipinski definition) is 4. The lowest BCUT2D eigenvalue weighted by Gasteiger charge is -2.32. The number of amides is 2. The van der Waals surface area contributed by atoms with Crippen molar-refractivity contribution in [1.82, 2.24) is 4.90 Å². The molecule has 2 atom stereocenters. The zero-order valence-electron chi connectivity index (χ0n) is 16.9. The van der Waals surface area contributed by atoms with Crippen LogP contribution in [0, 0.1) is 0 Å². The number of carbonyl (C=O) groups is 2. The second-order valence-electron chi connectivity index (χ2n) is 7.08. The van der Waals surface area contributed by atoms with Crippen LogP contribution >= 0.6 is 0 Å². The largest absolute Gasteiger partial charge is 0.497 e. The summed E-state index contributed by atoms with van der Waals surface area (Å²) in [5.41, 5.74) is 1.60. The van der Waals surface area contributed by atoms with Crippen LogP contribution in [-0.2, 0) is 14.3 Å². The predicted molar refractivity (Wildman–Crippen MR) is 110 cm³/mol. The molecule has 2 aromatic rings. The number of hydrogen-bond donors (Lipinski definition) is 2. The van der Waals surface area contributed by atoms with Crippen LogP contribution in [0.2, 0.25) is 0 Å². The van der Waals surface area contributed by atoms with Gasteiger partial charge >= 0.3 is 0 Å². The van der Waals surface area contributed by atoms with Crippen LogP contribution in [-0.4, -0.2) is 63.7 Å². The Balaban J connectivity index is 1.70. The van der Waals surface area contributed by atoms with E-state index in [-0.39, 0.29) is 18.4 Å². The van der Waals surface area contributed by atoms with E-state index in [1.807, 2.05) is 42.3 Å². The van der Waals surface area contributed by atoms with Gasteiger partial charge in [-0.05, 0) is 24.3 Å². The molecule has 0 aromatic heterocycles. The van der Waals surface area contributed by atoms with Crippen molar-refractivity contribution >= 4 is 17.5 Å². The van der Waals surface area contributed by atoms with Crippen molar-refractivity contribution in [1.29, 1.82) is 0 Å². The fraction of sp³-hybridized carbons (Fsp3) is 0.364. The second-order valence-corrected chi connectivity index (χ2v) is 7.08. The fourth-order valence-corrected chi connectivity index (χ4v) is 3.48. The van der Waals surface area contributed by atoms with E-state index in [4.69, 9.17) is 9.47 Å². The van der Waals surface area contributed by atoms with E-state index in [9.17, 15) is 9.59 Å². The van der Waals surface area contributed by atoms with Crippen LogP contribution in [0.4, 0.5) is 5.69 Å².